The molecule has 0 fully saturated rings. The number of aryl methyl sites for hydroxylation is 1. The molecule has 6 rings (SSSR count). The maximum Gasteiger partial charge on any atom is 0.411 e. The zero-order valence-corrected chi connectivity index (χ0v) is 20.9. The lowest BCUT2D eigenvalue weighted by Crippen LogP contribution is -2.38. The summed E-state index contributed by atoms with van der Waals surface area (Å²) in [6, 6.07) is 7.58. The number of nitrogens with zero attached hydrogens (tertiary/aromatic N) is 5. The Morgan fingerprint density at radius 2 is 2.03 bits per heavy atom. The summed E-state index contributed by atoms with van der Waals surface area (Å²) in [7, 11) is 1.52. The number of benzene rings is 2. The third-order valence-corrected chi connectivity index (χ3v) is 7.41. The van der Waals surface area contributed by atoms with E-state index in [1.54, 1.807) is 0 Å². The van der Waals surface area contributed by atoms with Crippen LogP contribution in [0.2, 0.25) is 0 Å². The van der Waals surface area contributed by atoms with Gasteiger partial charge >= 0.3 is 6.09 Å². The van der Waals surface area contributed by atoms with Crippen LogP contribution in [0.3, 0.4) is 0 Å². The van der Waals surface area contributed by atoms with Gasteiger partial charge in [-0.25, -0.2) is 29.1 Å². The van der Waals surface area contributed by atoms with Gasteiger partial charge in [0, 0.05) is 23.6 Å². The van der Waals surface area contributed by atoms with Gasteiger partial charge in [0.05, 0.1) is 53.0 Å². The van der Waals surface area contributed by atoms with Gasteiger partial charge in [-0.3, -0.25) is 4.90 Å². The van der Waals surface area contributed by atoms with Crippen LogP contribution < -0.4 is 14.4 Å². The van der Waals surface area contributed by atoms with Gasteiger partial charge in [-0.05, 0) is 36.8 Å². The molecule has 0 bridgehead atoms. The van der Waals surface area contributed by atoms with Crippen molar-refractivity contribution in [1.29, 1.82) is 0 Å². The average molecular weight is 536 g/mol. The lowest BCUT2D eigenvalue weighted by molar-refractivity contribution is 0.190. The van der Waals surface area contributed by atoms with Crippen LogP contribution in [0, 0.1) is 18.7 Å². The minimum Gasteiger partial charge on any atom is -0.485 e. The molecule has 1 amide bonds. The molecule has 38 heavy (non-hydrogen) atoms. The first-order valence-electron chi connectivity index (χ1n) is 11.5. The number of hydrogen-bond donors (Lipinski definition) is 1. The van der Waals surface area contributed by atoms with Gasteiger partial charge < -0.3 is 14.6 Å². The zero-order chi connectivity index (χ0) is 26.6. The summed E-state index contributed by atoms with van der Waals surface area (Å²) in [6.45, 7) is 1.85. The van der Waals surface area contributed by atoms with Gasteiger partial charge in [0.15, 0.2) is 11.6 Å². The van der Waals surface area contributed by atoms with Crippen LogP contribution in [0.25, 0.3) is 31.8 Å². The maximum absolute atomic E-state index is 15.1. The van der Waals surface area contributed by atoms with E-state index in [0.29, 0.717) is 33.0 Å². The maximum atomic E-state index is 15.1. The molecule has 5 aromatic rings. The molecule has 1 N–H and O–H groups in total. The third-order valence-electron chi connectivity index (χ3n) is 6.25. The van der Waals surface area contributed by atoms with E-state index in [0.717, 1.165) is 33.0 Å². The molecular formula is C26H19F2N5O4S. The van der Waals surface area contributed by atoms with E-state index in [4.69, 9.17) is 14.5 Å². The molecule has 0 saturated carbocycles. The summed E-state index contributed by atoms with van der Waals surface area (Å²) in [5.74, 6) is -0.816. The summed E-state index contributed by atoms with van der Waals surface area (Å²) in [5.41, 5.74) is 4.31. The number of rotatable bonds is 5. The first kappa shape index (κ1) is 23.9. The SMILES string of the molecule is COc1cnc2c(-c3nc4cc(F)c5c(c4s3)C[C@H](CN(C(=O)O)c3ccc(F)nc3)O5)cc(C)cc2n1. The van der Waals surface area contributed by atoms with Crippen molar-refractivity contribution < 1.29 is 28.2 Å². The second-order valence-electron chi connectivity index (χ2n) is 8.80. The van der Waals surface area contributed by atoms with Crippen LogP contribution in [0.15, 0.2) is 42.7 Å². The summed E-state index contributed by atoms with van der Waals surface area (Å²) in [6.07, 6.45) is 1.03. The van der Waals surface area contributed by atoms with Crippen LogP contribution in [-0.4, -0.2) is 50.9 Å². The van der Waals surface area contributed by atoms with E-state index >= 15 is 4.39 Å². The molecule has 3 aromatic heterocycles. The summed E-state index contributed by atoms with van der Waals surface area (Å²) < 4.78 is 40.1. The van der Waals surface area contributed by atoms with Crippen molar-refractivity contribution >= 4 is 44.4 Å². The monoisotopic (exact) mass is 535 g/mol. The number of aromatic nitrogens is 4. The number of hydrogen-bond acceptors (Lipinski definition) is 8. The number of ether oxygens (including phenoxy) is 2. The van der Waals surface area contributed by atoms with Crippen molar-refractivity contribution in [1.82, 2.24) is 19.9 Å². The molecule has 2 aromatic carbocycles. The van der Waals surface area contributed by atoms with E-state index in [1.165, 1.54) is 36.8 Å². The third kappa shape index (κ3) is 4.12. The Morgan fingerprint density at radius 3 is 2.76 bits per heavy atom. The molecule has 12 heteroatoms. The summed E-state index contributed by atoms with van der Waals surface area (Å²) in [4.78, 5) is 30.1. The smallest absolute Gasteiger partial charge is 0.411 e. The van der Waals surface area contributed by atoms with Crippen molar-refractivity contribution in [2.24, 2.45) is 0 Å². The van der Waals surface area contributed by atoms with Gasteiger partial charge in [-0.2, -0.15) is 4.39 Å². The van der Waals surface area contributed by atoms with E-state index in [9.17, 15) is 14.3 Å². The Labute approximate surface area is 218 Å². The number of fused-ring (bicyclic) bond motifs is 4. The first-order chi connectivity index (χ1) is 18.3. The lowest BCUT2D eigenvalue weighted by atomic mass is 10.1. The number of halogens is 2. The van der Waals surface area contributed by atoms with E-state index in [-0.39, 0.29) is 24.4 Å². The van der Waals surface area contributed by atoms with Crippen LogP contribution in [0.1, 0.15) is 11.1 Å². The number of amides is 1. The van der Waals surface area contributed by atoms with Crippen molar-refractivity contribution in [3.63, 3.8) is 0 Å². The van der Waals surface area contributed by atoms with Crippen LogP contribution >= 0.6 is 11.3 Å². The number of anilines is 1. The van der Waals surface area contributed by atoms with Gasteiger partial charge in [-0.1, -0.05) is 0 Å². The number of carbonyl (C=O) groups is 1. The van der Waals surface area contributed by atoms with Crippen LogP contribution in [0.4, 0.5) is 19.3 Å². The Morgan fingerprint density at radius 1 is 1.18 bits per heavy atom. The fraction of sp³-hybridized carbons (Fsp3) is 0.192. The molecule has 4 heterocycles. The number of carboxylic acid groups (broad SMARTS) is 1. The zero-order valence-electron chi connectivity index (χ0n) is 20.1. The molecule has 0 saturated heterocycles. The molecule has 0 spiro atoms. The van der Waals surface area contributed by atoms with Gasteiger partial charge in [0.25, 0.3) is 0 Å². The van der Waals surface area contributed by atoms with Crippen LogP contribution in [0.5, 0.6) is 11.6 Å². The van der Waals surface area contributed by atoms with Crippen molar-refractivity contribution in [2.75, 3.05) is 18.6 Å². The number of methoxy groups -OCH3 is 1. The molecule has 9 nitrogen and oxygen atoms in total. The molecule has 1 aliphatic heterocycles. The van der Waals surface area contributed by atoms with Crippen LogP contribution in [-0.2, 0) is 6.42 Å². The summed E-state index contributed by atoms with van der Waals surface area (Å²) >= 11 is 1.38. The van der Waals surface area contributed by atoms with Gasteiger partial charge in [-0.15, -0.1) is 11.3 Å². The van der Waals surface area contributed by atoms with Gasteiger partial charge in [0.2, 0.25) is 11.8 Å². The molecule has 192 valence electrons. The Kier molecular flexibility index (Phi) is 5.75. The highest BCUT2D eigenvalue weighted by molar-refractivity contribution is 7.22. The minimum absolute atomic E-state index is 0.0823. The minimum atomic E-state index is -1.26. The predicted octanol–water partition coefficient (Wildman–Crippen LogP) is 5.38. The topological polar surface area (TPSA) is 111 Å². The molecule has 1 aliphatic rings. The number of thiazole rings is 1. The highest BCUT2D eigenvalue weighted by atomic mass is 32.1. The Balaban J connectivity index is 1.37. The van der Waals surface area contributed by atoms with Crippen molar-refractivity contribution in [3.8, 4) is 22.2 Å². The first-order valence-corrected chi connectivity index (χ1v) is 12.3. The van der Waals surface area contributed by atoms with E-state index < -0.39 is 24.0 Å². The average Bonchev–Trinajstić information content (AvgIpc) is 3.51. The Bertz CT molecular complexity index is 1730. The largest absolute Gasteiger partial charge is 0.485 e. The number of pyridine rings is 1. The van der Waals surface area contributed by atoms with E-state index in [1.807, 2.05) is 19.1 Å². The molecular weight excluding hydrogens is 516 g/mol. The van der Waals surface area contributed by atoms with Crippen molar-refractivity contribution in [3.05, 3.63) is 65.6 Å². The molecule has 0 radical (unpaired) electrons. The molecule has 1 atom stereocenters. The molecule has 0 aliphatic carbocycles. The Hall–Kier alpha value is -4.45. The van der Waals surface area contributed by atoms with E-state index in [2.05, 4.69) is 15.0 Å². The normalized spacial score (nSPS) is 14.5. The molecule has 0 unspecified atom stereocenters. The van der Waals surface area contributed by atoms with Gasteiger partial charge in [0.1, 0.15) is 11.1 Å². The lowest BCUT2D eigenvalue weighted by Gasteiger charge is -2.22. The highest BCUT2D eigenvalue weighted by Gasteiger charge is 2.33. The fourth-order valence-corrected chi connectivity index (χ4v) is 5.69. The predicted molar refractivity (Wildman–Crippen MR) is 137 cm³/mol. The summed E-state index contributed by atoms with van der Waals surface area (Å²) in [5, 5.41) is 10.4. The standard InChI is InChI=1S/C26H19F2N5O4S/c1-12-5-15(22-18(6-12)31-21(36-2)10-30-22)25-32-19-8-17(27)23-16(24(19)38-25)7-14(37-23)11-33(26(34)35)13-3-4-20(28)29-9-13/h3-6,8-10,14H,7,11H2,1-2H3,(H,34,35)/t14-/m1/s1. The quantitative estimate of drug-likeness (QED) is 0.299. The fourth-order valence-electron chi connectivity index (χ4n) is 4.58. The second-order valence-corrected chi connectivity index (χ2v) is 9.80. The highest BCUT2D eigenvalue weighted by Crippen LogP contribution is 2.43. The van der Waals surface area contributed by atoms with Crippen molar-refractivity contribution in [2.45, 2.75) is 19.4 Å². The second kappa shape index (κ2) is 9.14.